The number of aryl methyl sites for hydroxylation is 1. The fourth-order valence-corrected chi connectivity index (χ4v) is 2.63. The molecule has 0 saturated carbocycles. The maximum atomic E-state index is 12.6. The number of piperidine rings is 1. The van der Waals surface area contributed by atoms with Crippen LogP contribution in [-0.4, -0.2) is 41.6 Å². The van der Waals surface area contributed by atoms with Crippen LogP contribution in [0.4, 0.5) is 0 Å². The summed E-state index contributed by atoms with van der Waals surface area (Å²) in [5.41, 5.74) is 1.81. The van der Waals surface area contributed by atoms with E-state index in [2.05, 4.69) is 18.8 Å². The van der Waals surface area contributed by atoms with E-state index in [9.17, 15) is 4.79 Å². The zero-order chi connectivity index (χ0) is 14.4. The van der Waals surface area contributed by atoms with Crippen molar-refractivity contribution in [2.24, 2.45) is 0 Å². The fourth-order valence-electron chi connectivity index (χ4n) is 2.63. The molecule has 1 aliphatic heterocycles. The standard InChI is InChI=1S/C16H24N2O2/c1-3-10-20-14-6-5-9-18(12-14)16(19)15-7-8-17-11-13(15)4-2/h7-8,11,14H,3-6,9-10,12H2,1-2H3. The van der Waals surface area contributed by atoms with E-state index in [0.29, 0.717) is 6.54 Å². The minimum Gasteiger partial charge on any atom is -0.376 e. The molecule has 1 aliphatic rings. The maximum Gasteiger partial charge on any atom is 0.254 e. The summed E-state index contributed by atoms with van der Waals surface area (Å²) in [7, 11) is 0. The van der Waals surface area contributed by atoms with Crippen LogP contribution in [0, 0.1) is 0 Å². The van der Waals surface area contributed by atoms with Gasteiger partial charge >= 0.3 is 0 Å². The molecular weight excluding hydrogens is 252 g/mol. The van der Waals surface area contributed by atoms with Crippen LogP contribution >= 0.6 is 0 Å². The van der Waals surface area contributed by atoms with Crippen LogP contribution in [0.5, 0.6) is 0 Å². The third-order valence-electron chi connectivity index (χ3n) is 3.74. The number of carbonyl (C=O) groups excluding carboxylic acids is 1. The lowest BCUT2D eigenvalue weighted by Crippen LogP contribution is -2.43. The highest BCUT2D eigenvalue weighted by molar-refractivity contribution is 5.95. The van der Waals surface area contributed by atoms with Gasteiger partial charge in [0.1, 0.15) is 0 Å². The van der Waals surface area contributed by atoms with E-state index in [-0.39, 0.29) is 12.0 Å². The smallest absolute Gasteiger partial charge is 0.254 e. The zero-order valence-electron chi connectivity index (χ0n) is 12.5. The zero-order valence-corrected chi connectivity index (χ0v) is 12.5. The van der Waals surface area contributed by atoms with E-state index in [0.717, 1.165) is 50.0 Å². The number of hydrogen-bond acceptors (Lipinski definition) is 3. The summed E-state index contributed by atoms with van der Waals surface area (Å²) in [5.74, 6) is 0.119. The summed E-state index contributed by atoms with van der Waals surface area (Å²) in [5, 5.41) is 0. The summed E-state index contributed by atoms with van der Waals surface area (Å²) in [4.78, 5) is 18.7. The van der Waals surface area contributed by atoms with Gasteiger partial charge in [-0.25, -0.2) is 0 Å². The van der Waals surface area contributed by atoms with Crippen LogP contribution in [0.15, 0.2) is 18.5 Å². The SMILES string of the molecule is CCCOC1CCCN(C(=O)c2ccncc2CC)C1. The first-order valence-corrected chi connectivity index (χ1v) is 7.60. The van der Waals surface area contributed by atoms with Gasteiger partial charge < -0.3 is 9.64 Å². The maximum absolute atomic E-state index is 12.6. The number of rotatable bonds is 5. The Bertz CT molecular complexity index is 448. The van der Waals surface area contributed by atoms with Crippen molar-refractivity contribution in [3.05, 3.63) is 29.6 Å². The van der Waals surface area contributed by atoms with Gasteiger partial charge in [-0.15, -0.1) is 0 Å². The van der Waals surface area contributed by atoms with Gasteiger partial charge in [-0.3, -0.25) is 9.78 Å². The Kier molecular flexibility index (Phi) is 5.53. The Balaban J connectivity index is 2.04. The first-order chi connectivity index (χ1) is 9.76. The van der Waals surface area contributed by atoms with Crippen molar-refractivity contribution in [1.29, 1.82) is 0 Å². The lowest BCUT2D eigenvalue weighted by Gasteiger charge is -2.33. The highest BCUT2D eigenvalue weighted by Gasteiger charge is 2.25. The normalized spacial score (nSPS) is 19.1. The van der Waals surface area contributed by atoms with Gasteiger partial charge in [0.05, 0.1) is 6.10 Å². The predicted octanol–water partition coefficient (Wildman–Crippen LogP) is 2.68. The van der Waals surface area contributed by atoms with Gasteiger partial charge in [-0.2, -0.15) is 0 Å². The number of ether oxygens (including phenoxy) is 1. The molecule has 4 heteroatoms. The molecule has 1 fully saturated rings. The molecule has 0 N–H and O–H groups in total. The Morgan fingerprint density at radius 1 is 1.50 bits per heavy atom. The monoisotopic (exact) mass is 276 g/mol. The van der Waals surface area contributed by atoms with E-state index in [4.69, 9.17) is 4.74 Å². The van der Waals surface area contributed by atoms with E-state index < -0.39 is 0 Å². The second-order valence-electron chi connectivity index (χ2n) is 5.27. The van der Waals surface area contributed by atoms with Crippen molar-refractivity contribution in [1.82, 2.24) is 9.88 Å². The quantitative estimate of drug-likeness (QED) is 0.830. The summed E-state index contributed by atoms with van der Waals surface area (Å²) in [6, 6.07) is 1.83. The molecule has 1 atom stereocenters. The van der Waals surface area contributed by atoms with Gasteiger partial charge in [0.2, 0.25) is 0 Å². The number of carbonyl (C=O) groups is 1. The average Bonchev–Trinajstić information content (AvgIpc) is 2.52. The number of likely N-dealkylation sites (tertiary alicyclic amines) is 1. The first kappa shape index (κ1) is 15.0. The third kappa shape index (κ3) is 3.57. The van der Waals surface area contributed by atoms with E-state index in [1.165, 1.54) is 0 Å². The largest absolute Gasteiger partial charge is 0.376 e. The minimum absolute atomic E-state index is 0.119. The van der Waals surface area contributed by atoms with Crippen molar-refractivity contribution in [2.75, 3.05) is 19.7 Å². The lowest BCUT2D eigenvalue weighted by atomic mass is 10.0. The van der Waals surface area contributed by atoms with Crippen molar-refractivity contribution < 1.29 is 9.53 Å². The average molecular weight is 276 g/mol. The van der Waals surface area contributed by atoms with Crippen LogP contribution in [0.3, 0.4) is 0 Å². The topological polar surface area (TPSA) is 42.4 Å². The number of aromatic nitrogens is 1. The molecule has 4 nitrogen and oxygen atoms in total. The van der Waals surface area contributed by atoms with E-state index in [1.807, 2.05) is 11.0 Å². The van der Waals surface area contributed by atoms with Gasteiger partial charge in [-0.05, 0) is 37.3 Å². The van der Waals surface area contributed by atoms with Crippen molar-refractivity contribution in [3.63, 3.8) is 0 Å². The molecule has 0 radical (unpaired) electrons. The molecule has 1 amide bonds. The van der Waals surface area contributed by atoms with Crippen LogP contribution in [0.2, 0.25) is 0 Å². The Morgan fingerprint density at radius 3 is 3.10 bits per heavy atom. The Labute approximate surface area is 121 Å². The second-order valence-corrected chi connectivity index (χ2v) is 5.27. The van der Waals surface area contributed by atoms with Crippen LogP contribution < -0.4 is 0 Å². The molecule has 0 spiro atoms. The fraction of sp³-hybridized carbons (Fsp3) is 0.625. The second kappa shape index (κ2) is 7.39. The third-order valence-corrected chi connectivity index (χ3v) is 3.74. The van der Waals surface area contributed by atoms with Crippen LogP contribution in [0.25, 0.3) is 0 Å². The first-order valence-electron chi connectivity index (χ1n) is 7.60. The minimum atomic E-state index is 0.119. The number of nitrogens with zero attached hydrogens (tertiary/aromatic N) is 2. The molecule has 1 aromatic heterocycles. The number of amides is 1. The molecular formula is C16H24N2O2. The highest BCUT2D eigenvalue weighted by Crippen LogP contribution is 2.18. The molecule has 2 heterocycles. The van der Waals surface area contributed by atoms with Crippen LogP contribution in [0.1, 0.15) is 49.0 Å². The van der Waals surface area contributed by atoms with E-state index >= 15 is 0 Å². The summed E-state index contributed by atoms with van der Waals surface area (Å²) >= 11 is 0. The summed E-state index contributed by atoms with van der Waals surface area (Å²) in [6.07, 6.45) is 7.62. The molecule has 20 heavy (non-hydrogen) atoms. The van der Waals surface area contributed by atoms with Crippen molar-refractivity contribution >= 4 is 5.91 Å². The lowest BCUT2D eigenvalue weighted by molar-refractivity contribution is 0.00207. The van der Waals surface area contributed by atoms with Gasteiger partial charge in [-0.1, -0.05) is 13.8 Å². The Morgan fingerprint density at radius 2 is 2.35 bits per heavy atom. The predicted molar refractivity (Wildman–Crippen MR) is 78.8 cm³/mol. The summed E-state index contributed by atoms with van der Waals surface area (Å²) in [6.45, 7) is 6.48. The summed E-state index contributed by atoms with van der Waals surface area (Å²) < 4.78 is 5.80. The molecule has 1 aromatic rings. The molecule has 1 saturated heterocycles. The molecule has 2 rings (SSSR count). The van der Waals surface area contributed by atoms with Gasteiger partial charge in [0, 0.05) is 37.7 Å². The molecule has 0 bridgehead atoms. The highest BCUT2D eigenvalue weighted by atomic mass is 16.5. The van der Waals surface area contributed by atoms with Gasteiger partial charge in [0.25, 0.3) is 5.91 Å². The number of hydrogen-bond donors (Lipinski definition) is 0. The number of pyridine rings is 1. The van der Waals surface area contributed by atoms with Gasteiger partial charge in [0.15, 0.2) is 0 Å². The molecule has 0 aromatic carbocycles. The molecule has 110 valence electrons. The Hall–Kier alpha value is -1.42. The van der Waals surface area contributed by atoms with Crippen molar-refractivity contribution in [2.45, 2.75) is 45.6 Å². The van der Waals surface area contributed by atoms with Crippen LogP contribution in [-0.2, 0) is 11.2 Å². The van der Waals surface area contributed by atoms with Crippen molar-refractivity contribution in [3.8, 4) is 0 Å². The molecule has 1 unspecified atom stereocenters. The van der Waals surface area contributed by atoms with E-state index in [1.54, 1.807) is 12.4 Å². The molecule has 0 aliphatic carbocycles.